The first kappa shape index (κ1) is 11.7. The molecule has 1 heterocycles. The lowest BCUT2D eigenvalue weighted by Crippen LogP contribution is -2.36. The van der Waals surface area contributed by atoms with Crippen LogP contribution >= 0.6 is 0 Å². The lowest BCUT2D eigenvalue weighted by atomic mass is 9.83. The van der Waals surface area contributed by atoms with Gasteiger partial charge in [-0.25, -0.2) is 0 Å². The topological polar surface area (TPSA) is 12.0 Å². The number of hydrogen-bond donors (Lipinski definition) is 1. The molecule has 1 aliphatic heterocycles. The van der Waals surface area contributed by atoms with Crippen molar-refractivity contribution in [1.82, 2.24) is 5.32 Å². The zero-order valence-corrected chi connectivity index (χ0v) is 10.6. The maximum atomic E-state index is 3.74. The van der Waals surface area contributed by atoms with Gasteiger partial charge < -0.3 is 5.32 Å². The van der Waals surface area contributed by atoms with E-state index in [0.717, 1.165) is 6.42 Å². The van der Waals surface area contributed by atoms with Crippen LogP contribution in [0.2, 0.25) is 0 Å². The van der Waals surface area contributed by atoms with Gasteiger partial charge in [0.2, 0.25) is 0 Å². The zero-order valence-electron chi connectivity index (χ0n) is 10.6. The molecule has 1 aromatic carbocycles. The number of hydrogen-bond acceptors (Lipinski definition) is 1. The summed E-state index contributed by atoms with van der Waals surface area (Å²) >= 11 is 0. The Bertz CT molecular complexity index is 337. The molecule has 88 valence electrons. The smallest absolute Gasteiger partial charge is 0.0435 e. The minimum atomic E-state index is 0.278. The molecular formula is C15H23N. The molecule has 0 radical (unpaired) electrons. The Labute approximate surface area is 99.3 Å². The van der Waals surface area contributed by atoms with Crippen molar-refractivity contribution < 1.29 is 0 Å². The number of rotatable bonds is 4. The zero-order chi connectivity index (χ0) is 11.4. The van der Waals surface area contributed by atoms with Gasteiger partial charge in [-0.2, -0.15) is 0 Å². The minimum Gasteiger partial charge on any atom is -0.307 e. The van der Waals surface area contributed by atoms with Crippen molar-refractivity contribution in [1.29, 1.82) is 0 Å². The van der Waals surface area contributed by atoms with Crippen LogP contribution in [0.15, 0.2) is 24.3 Å². The molecule has 1 aromatic rings. The molecule has 0 saturated carbocycles. The maximum Gasteiger partial charge on any atom is 0.0435 e. The highest BCUT2D eigenvalue weighted by atomic mass is 15.0. The summed E-state index contributed by atoms with van der Waals surface area (Å²) in [6.45, 7) is 5.69. The van der Waals surface area contributed by atoms with Gasteiger partial charge in [0, 0.05) is 5.54 Å². The summed E-state index contributed by atoms with van der Waals surface area (Å²) in [5.41, 5.74) is 3.24. The van der Waals surface area contributed by atoms with Crippen molar-refractivity contribution in [3.05, 3.63) is 35.4 Å². The van der Waals surface area contributed by atoms with Gasteiger partial charge in [-0.1, -0.05) is 44.5 Å². The highest BCUT2D eigenvalue weighted by Gasteiger charge is 2.33. The predicted octanol–water partition coefficient (Wildman–Crippen LogP) is 3.63. The molecule has 1 aliphatic rings. The summed E-state index contributed by atoms with van der Waals surface area (Å²) in [6, 6.07) is 9.14. The Balaban J connectivity index is 2.30. The lowest BCUT2D eigenvalue weighted by Gasteiger charge is -2.30. The Hall–Kier alpha value is -0.820. The van der Waals surface area contributed by atoms with Crippen LogP contribution in [0.4, 0.5) is 0 Å². The first-order chi connectivity index (χ1) is 7.80. The fourth-order valence-corrected chi connectivity index (χ4v) is 2.93. The highest BCUT2D eigenvalue weighted by molar-refractivity contribution is 5.30. The molecule has 1 unspecified atom stereocenters. The molecule has 0 spiro atoms. The Morgan fingerprint density at radius 2 is 2.19 bits per heavy atom. The summed E-state index contributed by atoms with van der Waals surface area (Å²) in [6.07, 6.45) is 6.27. The van der Waals surface area contributed by atoms with Gasteiger partial charge in [0.15, 0.2) is 0 Å². The molecule has 1 N–H and O–H groups in total. The molecule has 1 fully saturated rings. The summed E-state index contributed by atoms with van der Waals surface area (Å²) in [5.74, 6) is 0. The second-order valence-corrected chi connectivity index (χ2v) is 4.92. The highest BCUT2D eigenvalue weighted by Crippen LogP contribution is 2.35. The van der Waals surface area contributed by atoms with Crippen LogP contribution in [0.1, 0.15) is 50.7 Å². The standard InChI is InChI=1S/C15H23N/c1-3-9-15(10-6-11-16-15)14-8-5-7-13(4-2)12-14/h5,7-8,12,16H,3-4,6,9-11H2,1-2H3. The Kier molecular flexibility index (Phi) is 3.65. The average molecular weight is 217 g/mol. The molecular weight excluding hydrogens is 194 g/mol. The average Bonchev–Trinajstić information content (AvgIpc) is 2.80. The van der Waals surface area contributed by atoms with E-state index in [0.29, 0.717) is 0 Å². The molecule has 0 aliphatic carbocycles. The van der Waals surface area contributed by atoms with Crippen LogP contribution < -0.4 is 5.32 Å². The van der Waals surface area contributed by atoms with Gasteiger partial charge in [0.1, 0.15) is 0 Å². The first-order valence-electron chi connectivity index (χ1n) is 6.65. The van der Waals surface area contributed by atoms with Crippen LogP contribution in [0, 0.1) is 0 Å². The number of benzene rings is 1. The van der Waals surface area contributed by atoms with Crippen LogP contribution in [-0.2, 0) is 12.0 Å². The second kappa shape index (κ2) is 5.01. The van der Waals surface area contributed by atoms with Crippen molar-refractivity contribution in [3.63, 3.8) is 0 Å². The third kappa shape index (κ3) is 2.15. The molecule has 0 bridgehead atoms. The Morgan fingerprint density at radius 3 is 2.81 bits per heavy atom. The number of aryl methyl sites for hydroxylation is 1. The van der Waals surface area contributed by atoms with E-state index in [9.17, 15) is 0 Å². The molecule has 1 heteroatoms. The largest absolute Gasteiger partial charge is 0.307 e. The van der Waals surface area contributed by atoms with Crippen LogP contribution in [-0.4, -0.2) is 6.54 Å². The van der Waals surface area contributed by atoms with Gasteiger partial charge >= 0.3 is 0 Å². The molecule has 2 rings (SSSR count). The van der Waals surface area contributed by atoms with Crippen LogP contribution in [0.5, 0.6) is 0 Å². The van der Waals surface area contributed by atoms with E-state index in [1.165, 1.54) is 43.4 Å². The second-order valence-electron chi connectivity index (χ2n) is 4.92. The molecule has 0 aromatic heterocycles. The monoisotopic (exact) mass is 217 g/mol. The van der Waals surface area contributed by atoms with E-state index < -0.39 is 0 Å². The van der Waals surface area contributed by atoms with Gasteiger partial charge in [-0.3, -0.25) is 0 Å². The summed E-state index contributed by atoms with van der Waals surface area (Å²) in [7, 11) is 0. The van der Waals surface area contributed by atoms with E-state index in [1.54, 1.807) is 0 Å². The van der Waals surface area contributed by atoms with Crippen LogP contribution in [0.25, 0.3) is 0 Å². The van der Waals surface area contributed by atoms with E-state index in [2.05, 4.69) is 43.4 Å². The van der Waals surface area contributed by atoms with Gasteiger partial charge in [-0.15, -0.1) is 0 Å². The molecule has 0 amide bonds. The van der Waals surface area contributed by atoms with Gasteiger partial charge in [0.05, 0.1) is 0 Å². The Morgan fingerprint density at radius 1 is 1.31 bits per heavy atom. The molecule has 1 saturated heterocycles. The molecule has 16 heavy (non-hydrogen) atoms. The van der Waals surface area contributed by atoms with Crippen molar-refractivity contribution in [3.8, 4) is 0 Å². The maximum absolute atomic E-state index is 3.74. The third-order valence-electron chi connectivity index (χ3n) is 3.81. The summed E-state index contributed by atoms with van der Waals surface area (Å²) < 4.78 is 0. The predicted molar refractivity (Wildman–Crippen MR) is 69.6 cm³/mol. The fraction of sp³-hybridized carbons (Fsp3) is 0.600. The minimum absolute atomic E-state index is 0.278. The quantitative estimate of drug-likeness (QED) is 0.812. The summed E-state index contributed by atoms with van der Waals surface area (Å²) in [4.78, 5) is 0. The number of nitrogens with one attached hydrogen (secondary N) is 1. The summed E-state index contributed by atoms with van der Waals surface area (Å²) in [5, 5.41) is 3.74. The molecule has 1 nitrogen and oxygen atoms in total. The van der Waals surface area contributed by atoms with E-state index in [4.69, 9.17) is 0 Å². The normalized spacial score (nSPS) is 24.9. The van der Waals surface area contributed by atoms with Crippen molar-refractivity contribution in [2.75, 3.05) is 6.54 Å². The SMILES string of the molecule is CCCC1(c2cccc(CC)c2)CCCN1. The van der Waals surface area contributed by atoms with Crippen molar-refractivity contribution >= 4 is 0 Å². The van der Waals surface area contributed by atoms with E-state index >= 15 is 0 Å². The van der Waals surface area contributed by atoms with Crippen LogP contribution in [0.3, 0.4) is 0 Å². The van der Waals surface area contributed by atoms with Crippen molar-refractivity contribution in [2.45, 2.75) is 51.5 Å². The third-order valence-corrected chi connectivity index (χ3v) is 3.81. The first-order valence-corrected chi connectivity index (χ1v) is 6.65. The van der Waals surface area contributed by atoms with Crippen molar-refractivity contribution in [2.24, 2.45) is 0 Å². The molecule has 1 atom stereocenters. The fourth-order valence-electron chi connectivity index (χ4n) is 2.93. The van der Waals surface area contributed by atoms with E-state index in [-0.39, 0.29) is 5.54 Å². The van der Waals surface area contributed by atoms with E-state index in [1.807, 2.05) is 0 Å². The lowest BCUT2D eigenvalue weighted by molar-refractivity contribution is 0.355. The van der Waals surface area contributed by atoms with Gasteiger partial charge in [-0.05, 0) is 43.4 Å². The van der Waals surface area contributed by atoms with Gasteiger partial charge in [0.25, 0.3) is 0 Å².